The fourth-order valence-corrected chi connectivity index (χ4v) is 3.04. The molecule has 0 saturated heterocycles. The number of rotatable bonds is 7. The van der Waals surface area contributed by atoms with Gasteiger partial charge in [-0.2, -0.15) is 0 Å². The molecule has 29 heavy (non-hydrogen) atoms. The van der Waals surface area contributed by atoms with Crippen molar-refractivity contribution >= 4 is 5.95 Å². The Morgan fingerprint density at radius 3 is 2.55 bits per heavy atom. The van der Waals surface area contributed by atoms with Crippen molar-refractivity contribution in [2.75, 3.05) is 25.6 Å². The van der Waals surface area contributed by atoms with Gasteiger partial charge < -0.3 is 14.6 Å². The van der Waals surface area contributed by atoms with Crippen LogP contribution in [0, 0.1) is 0 Å². The highest BCUT2D eigenvalue weighted by molar-refractivity contribution is 5.78. The van der Waals surface area contributed by atoms with Crippen molar-refractivity contribution in [3.05, 3.63) is 72.9 Å². The fourth-order valence-electron chi connectivity index (χ4n) is 3.04. The van der Waals surface area contributed by atoms with Gasteiger partial charge >= 0.3 is 0 Å². The number of H-pyrrole nitrogens is 1. The molecular weight excluding hydrogens is 364 g/mol. The van der Waals surface area contributed by atoms with Gasteiger partial charge in [-0.05, 0) is 36.4 Å². The molecule has 3 heterocycles. The minimum atomic E-state index is 0.655. The van der Waals surface area contributed by atoms with Gasteiger partial charge in [-0.15, -0.1) is 0 Å². The van der Waals surface area contributed by atoms with E-state index in [0.29, 0.717) is 5.95 Å². The summed E-state index contributed by atoms with van der Waals surface area (Å²) in [5.41, 5.74) is 3.68. The Balaban J connectivity index is 1.65. The van der Waals surface area contributed by atoms with Gasteiger partial charge in [0.2, 0.25) is 5.95 Å². The van der Waals surface area contributed by atoms with E-state index >= 15 is 0 Å². The van der Waals surface area contributed by atoms with Crippen LogP contribution in [0.25, 0.3) is 22.6 Å². The number of nitrogens with zero attached hydrogens (tertiary/aromatic N) is 5. The summed E-state index contributed by atoms with van der Waals surface area (Å²) >= 11 is 0. The van der Waals surface area contributed by atoms with Crippen molar-refractivity contribution in [1.29, 1.82) is 0 Å². The van der Waals surface area contributed by atoms with Crippen LogP contribution in [-0.2, 0) is 6.42 Å². The van der Waals surface area contributed by atoms with Crippen molar-refractivity contribution < 1.29 is 4.74 Å². The summed E-state index contributed by atoms with van der Waals surface area (Å²) in [5, 5.41) is 0. The third-order valence-corrected chi connectivity index (χ3v) is 4.66. The average molecular weight is 386 g/mol. The van der Waals surface area contributed by atoms with Gasteiger partial charge in [0.1, 0.15) is 11.6 Å². The van der Waals surface area contributed by atoms with Crippen LogP contribution in [-0.4, -0.2) is 45.6 Å². The van der Waals surface area contributed by atoms with Crippen LogP contribution >= 0.6 is 0 Å². The Morgan fingerprint density at radius 1 is 1.00 bits per heavy atom. The van der Waals surface area contributed by atoms with E-state index < -0.39 is 0 Å². The average Bonchev–Trinajstić information content (AvgIpc) is 3.32. The number of nitrogens with one attached hydrogen (secondary N) is 1. The molecule has 4 rings (SSSR count). The molecule has 7 heteroatoms. The molecule has 0 aliphatic heterocycles. The van der Waals surface area contributed by atoms with E-state index in [1.165, 1.54) is 0 Å². The third-order valence-electron chi connectivity index (χ3n) is 4.66. The number of aromatic nitrogens is 5. The highest BCUT2D eigenvalue weighted by Gasteiger charge is 2.15. The van der Waals surface area contributed by atoms with E-state index in [0.717, 1.165) is 47.1 Å². The van der Waals surface area contributed by atoms with Gasteiger partial charge in [-0.25, -0.2) is 15.0 Å². The minimum Gasteiger partial charge on any atom is -0.497 e. The van der Waals surface area contributed by atoms with Gasteiger partial charge in [0.05, 0.1) is 18.4 Å². The Morgan fingerprint density at radius 2 is 1.86 bits per heavy atom. The van der Waals surface area contributed by atoms with Crippen LogP contribution in [0.15, 0.2) is 67.3 Å². The number of anilines is 1. The molecule has 0 aliphatic carbocycles. The second kappa shape index (κ2) is 8.52. The lowest BCUT2D eigenvalue weighted by atomic mass is 10.1. The number of likely N-dealkylation sites (N-methyl/N-ethyl adjacent to an activating group) is 1. The van der Waals surface area contributed by atoms with Crippen LogP contribution in [0.2, 0.25) is 0 Å². The number of ether oxygens (including phenoxy) is 1. The van der Waals surface area contributed by atoms with Crippen molar-refractivity contribution in [2.45, 2.75) is 6.42 Å². The smallest absolute Gasteiger partial charge is 0.225 e. The molecule has 0 radical (unpaired) electrons. The zero-order valence-electron chi connectivity index (χ0n) is 16.4. The number of hydrogen-bond acceptors (Lipinski definition) is 6. The van der Waals surface area contributed by atoms with E-state index in [9.17, 15) is 0 Å². The maximum atomic E-state index is 5.28. The van der Waals surface area contributed by atoms with Gasteiger partial charge in [0.25, 0.3) is 0 Å². The number of benzene rings is 1. The second-order valence-corrected chi connectivity index (χ2v) is 6.59. The van der Waals surface area contributed by atoms with Crippen molar-refractivity contribution in [3.63, 3.8) is 0 Å². The monoisotopic (exact) mass is 386 g/mol. The SMILES string of the molecule is COc1ccc(-c2nc(N(C)CCc3ccccn3)ncc2-c2ncc[nH]2)cc1. The number of hydrogen-bond donors (Lipinski definition) is 1. The summed E-state index contributed by atoms with van der Waals surface area (Å²) in [5.74, 6) is 2.19. The Hall–Kier alpha value is -3.74. The molecule has 4 aromatic rings. The standard InChI is InChI=1S/C22H22N6O/c1-28(14-10-17-5-3-4-11-23-17)22-26-15-19(21-24-12-13-25-21)20(27-22)16-6-8-18(29-2)9-7-16/h3-9,11-13,15H,10,14H2,1-2H3,(H,24,25). The molecule has 1 aromatic carbocycles. The molecule has 0 bridgehead atoms. The first-order valence-electron chi connectivity index (χ1n) is 9.37. The van der Waals surface area contributed by atoms with Crippen molar-refractivity contribution in [1.82, 2.24) is 24.9 Å². The molecule has 0 fully saturated rings. The van der Waals surface area contributed by atoms with Gasteiger partial charge in [-0.3, -0.25) is 4.98 Å². The topological polar surface area (TPSA) is 79.8 Å². The first-order valence-corrected chi connectivity index (χ1v) is 9.37. The van der Waals surface area contributed by atoms with Gasteiger partial charge in [0, 0.05) is 56.1 Å². The molecule has 0 aliphatic rings. The van der Waals surface area contributed by atoms with Crippen LogP contribution < -0.4 is 9.64 Å². The quantitative estimate of drug-likeness (QED) is 0.523. The molecule has 3 aromatic heterocycles. The summed E-state index contributed by atoms with van der Waals surface area (Å²) in [4.78, 5) is 23.4. The largest absolute Gasteiger partial charge is 0.497 e. The number of imidazole rings is 1. The summed E-state index contributed by atoms with van der Waals surface area (Å²) in [6.45, 7) is 0.763. The molecule has 0 saturated carbocycles. The number of pyridine rings is 1. The summed E-state index contributed by atoms with van der Waals surface area (Å²) in [6, 6.07) is 13.8. The van der Waals surface area contributed by atoms with E-state index in [1.807, 2.05) is 66.8 Å². The Labute approximate surface area is 169 Å². The fraction of sp³-hybridized carbons (Fsp3) is 0.182. The normalized spacial score (nSPS) is 10.7. The molecule has 0 spiro atoms. The van der Waals surface area contributed by atoms with Gasteiger partial charge in [0.15, 0.2) is 0 Å². The van der Waals surface area contributed by atoms with E-state index in [2.05, 4.69) is 19.9 Å². The molecule has 7 nitrogen and oxygen atoms in total. The Bertz CT molecular complexity index is 1050. The van der Waals surface area contributed by atoms with Crippen LogP contribution in [0.4, 0.5) is 5.95 Å². The zero-order valence-corrected chi connectivity index (χ0v) is 16.4. The maximum Gasteiger partial charge on any atom is 0.225 e. The molecule has 1 N–H and O–H groups in total. The van der Waals surface area contributed by atoms with Crippen molar-refractivity contribution in [2.24, 2.45) is 0 Å². The molecule has 0 amide bonds. The van der Waals surface area contributed by atoms with Crippen LogP contribution in [0.5, 0.6) is 5.75 Å². The maximum absolute atomic E-state index is 5.28. The van der Waals surface area contributed by atoms with Crippen LogP contribution in [0.1, 0.15) is 5.69 Å². The summed E-state index contributed by atoms with van der Waals surface area (Å²) in [7, 11) is 3.64. The number of aromatic amines is 1. The Kier molecular flexibility index (Phi) is 5.47. The minimum absolute atomic E-state index is 0.655. The molecule has 146 valence electrons. The first-order chi connectivity index (χ1) is 14.2. The lowest BCUT2D eigenvalue weighted by molar-refractivity contribution is 0.415. The first kappa shape index (κ1) is 18.6. The molecule has 0 unspecified atom stereocenters. The van der Waals surface area contributed by atoms with Gasteiger partial charge in [-0.1, -0.05) is 6.07 Å². The molecule has 0 atom stereocenters. The lowest BCUT2D eigenvalue weighted by Gasteiger charge is -2.18. The molecular formula is C22H22N6O. The van der Waals surface area contributed by atoms with Crippen LogP contribution in [0.3, 0.4) is 0 Å². The number of methoxy groups -OCH3 is 1. The predicted octanol–water partition coefficient (Wildman–Crippen LogP) is 3.62. The predicted molar refractivity (Wildman–Crippen MR) is 113 cm³/mol. The third kappa shape index (κ3) is 4.24. The van der Waals surface area contributed by atoms with E-state index in [4.69, 9.17) is 9.72 Å². The summed E-state index contributed by atoms with van der Waals surface area (Å²) < 4.78 is 5.28. The zero-order chi connectivity index (χ0) is 20.1. The highest BCUT2D eigenvalue weighted by atomic mass is 16.5. The van der Waals surface area contributed by atoms with E-state index in [1.54, 1.807) is 19.5 Å². The highest BCUT2D eigenvalue weighted by Crippen LogP contribution is 2.30. The second-order valence-electron chi connectivity index (χ2n) is 6.59. The summed E-state index contributed by atoms with van der Waals surface area (Å²) in [6.07, 6.45) is 7.96. The van der Waals surface area contributed by atoms with Crippen molar-refractivity contribution in [3.8, 4) is 28.4 Å². The lowest BCUT2D eigenvalue weighted by Crippen LogP contribution is -2.23. The van der Waals surface area contributed by atoms with E-state index in [-0.39, 0.29) is 0 Å².